The van der Waals surface area contributed by atoms with E-state index in [2.05, 4.69) is 0 Å². The largest absolute Gasteiger partial charge is 0.322 e. The molecule has 1 aliphatic rings. The van der Waals surface area contributed by atoms with Gasteiger partial charge < -0.3 is 5.73 Å². The molecule has 0 aromatic heterocycles. The van der Waals surface area contributed by atoms with Gasteiger partial charge in [-0.3, -0.25) is 14.5 Å². The summed E-state index contributed by atoms with van der Waals surface area (Å²) < 4.78 is 25.8. The summed E-state index contributed by atoms with van der Waals surface area (Å²) in [6, 6.07) is 2.57. The van der Waals surface area contributed by atoms with E-state index in [9.17, 15) is 18.4 Å². The summed E-state index contributed by atoms with van der Waals surface area (Å²) in [6.45, 7) is -0.0112. The van der Waals surface area contributed by atoms with Crippen LogP contribution in [0.4, 0.5) is 8.78 Å². The summed E-state index contributed by atoms with van der Waals surface area (Å²) in [4.78, 5) is 23.8. The first kappa shape index (κ1) is 12.6. The fraction of sp³-hybridized carbons (Fsp3) is 0.333. The predicted molar refractivity (Wildman–Crippen MR) is 59.2 cm³/mol. The van der Waals surface area contributed by atoms with E-state index in [-0.39, 0.29) is 31.2 Å². The fourth-order valence-corrected chi connectivity index (χ4v) is 1.87. The zero-order valence-corrected chi connectivity index (χ0v) is 9.53. The van der Waals surface area contributed by atoms with Crippen molar-refractivity contribution in [3.8, 4) is 0 Å². The van der Waals surface area contributed by atoms with Gasteiger partial charge in [0.15, 0.2) is 11.6 Å². The predicted octanol–water partition coefficient (Wildman–Crippen LogP) is 1.11. The summed E-state index contributed by atoms with van der Waals surface area (Å²) >= 11 is 0. The van der Waals surface area contributed by atoms with Gasteiger partial charge in [-0.2, -0.15) is 0 Å². The van der Waals surface area contributed by atoms with Crippen molar-refractivity contribution in [3.05, 3.63) is 35.4 Å². The molecule has 1 aromatic rings. The molecule has 1 aliphatic heterocycles. The second-order valence-corrected chi connectivity index (χ2v) is 4.18. The van der Waals surface area contributed by atoms with Crippen LogP contribution in [0.2, 0.25) is 0 Å². The third kappa shape index (κ3) is 2.38. The van der Waals surface area contributed by atoms with Gasteiger partial charge in [-0.1, -0.05) is 6.07 Å². The number of nitrogens with two attached hydrogens (primary N) is 1. The molecule has 0 aliphatic carbocycles. The Balaban J connectivity index is 2.11. The van der Waals surface area contributed by atoms with E-state index in [0.29, 0.717) is 5.56 Å². The van der Waals surface area contributed by atoms with Gasteiger partial charge in [0.1, 0.15) is 0 Å². The van der Waals surface area contributed by atoms with E-state index in [1.54, 1.807) is 0 Å². The molecule has 0 spiro atoms. The Labute approximate surface area is 102 Å². The lowest BCUT2D eigenvalue weighted by atomic mass is 10.1. The summed E-state index contributed by atoms with van der Waals surface area (Å²) in [5.41, 5.74) is 6.13. The van der Waals surface area contributed by atoms with Crippen molar-refractivity contribution in [1.29, 1.82) is 0 Å². The molecule has 2 amide bonds. The average Bonchev–Trinajstić information content (AvgIpc) is 2.64. The Hall–Kier alpha value is -1.82. The van der Waals surface area contributed by atoms with Crippen molar-refractivity contribution < 1.29 is 18.4 Å². The molecule has 0 bridgehead atoms. The maximum absolute atomic E-state index is 13.0. The number of nitrogens with zero attached hydrogens (tertiary/aromatic N) is 1. The van der Waals surface area contributed by atoms with Crippen LogP contribution in [0.25, 0.3) is 0 Å². The van der Waals surface area contributed by atoms with E-state index in [1.807, 2.05) is 0 Å². The highest BCUT2D eigenvalue weighted by atomic mass is 19.2. The van der Waals surface area contributed by atoms with Gasteiger partial charge in [-0.25, -0.2) is 8.78 Å². The Morgan fingerprint density at radius 1 is 1.17 bits per heavy atom. The molecular weight excluding hydrogens is 242 g/mol. The van der Waals surface area contributed by atoms with Crippen molar-refractivity contribution in [1.82, 2.24) is 4.90 Å². The minimum atomic E-state index is -0.998. The van der Waals surface area contributed by atoms with Crippen LogP contribution in [0.15, 0.2) is 18.2 Å². The number of benzene rings is 1. The van der Waals surface area contributed by atoms with E-state index in [1.165, 1.54) is 6.07 Å². The van der Waals surface area contributed by atoms with E-state index < -0.39 is 17.7 Å². The number of carbonyl (C=O) groups is 2. The van der Waals surface area contributed by atoms with Gasteiger partial charge in [0, 0.05) is 25.4 Å². The van der Waals surface area contributed by atoms with Crippen LogP contribution in [0.1, 0.15) is 24.4 Å². The van der Waals surface area contributed by atoms with E-state index >= 15 is 0 Å². The SMILES string of the molecule is NC(CN1C(=O)CCC1=O)c1ccc(F)c(F)c1. The molecule has 0 radical (unpaired) electrons. The molecule has 1 aromatic carbocycles. The van der Waals surface area contributed by atoms with Gasteiger partial charge in [-0.15, -0.1) is 0 Å². The lowest BCUT2D eigenvalue weighted by Crippen LogP contribution is -2.36. The zero-order chi connectivity index (χ0) is 13.3. The number of amides is 2. The monoisotopic (exact) mass is 254 g/mol. The third-order valence-electron chi connectivity index (χ3n) is 2.91. The van der Waals surface area contributed by atoms with Crippen LogP contribution in [-0.4, -0.2) is 23.3 Å². The zero-order valence-electron chi connectivity index (χ0n) is 9.53. The number of halogens is 2. The normalized spacial score (nSPS) is 17.4. The standard InChI is InChI=1S/C12H12F2N2O2/c13-8-2-1-7(5-9(8)14)10(15)6-16-11(17)3-4-12(16)18/h1-2,5,10H,3-4,6,15H2. The van der Waals surface area contributed by atoms with Crippen LogP contribution in [-0.2, 0) is 9.59 Å². The van der Waals surface area contributed by atoms with Gasteiger partial charge in [-0.05, 0) is 17.7 Å². The second-order valence-electron chi connectivity index (χ2n) is 4.18. The van der Waals surface area contributed by atoms with Crippen molar-refractivity contribution >= 4 is 11.8 Å². The minimum Gasteiger partial charge on any atom is -0.322 e. The van der Waals surface area contributed by atoms with Crippen LogP contribution in [0.5, 0.6) is 0 Å². The Morgan fingerprint density at radius 2 is 1.78 bits per heavy atom. The summed E-state index contributed by atoms with van der Waals surface area (Å²) in [6.07, 6.45) is 0.368. The van der Waals surface area contributed by atoms with Crippen LogP contribution in [0, 0.1) is 11.6 Å². The number of hydrogen-bond donors (Lipinski definition) is 1. The average molecular weight is 254 g/mol. The highest BCUT2D eigenvalue weighted by Gasteiger charge is 2.30. The number of carbonyl (C=O) groups excluding carboxylic acids is 2. The maximum Gasteiger partial charge on any atom is 0.229 e. The smallest absolute Gasteiger partial charge is 0.229 e. The fourth-order valence-electron chi connectivity index (χ4n) is 1.87. The molecule has 1 fully saturated rings. The first-order chi connectivity index (χ1) is 8.49. The molecule has 2 rings (SSSR count). The highest BCUT2D eigenvalue weighted by molar-refractivity contribution is 6.01. The Morgan fingerprint density at radius 3 is 2.33 bits per heavy atom. The van der Waals surface area contributed by atoms with Crippen molar-refractivity contribution in [2.45, 2.75) is 18.9 Å². The molecule has 2 N–H and O–H groups in total. The molecule has 0 saturated carbocycles. The molecule has 4 nitrogen and oxygen atoms in total. The van der Waals surface area contributed by atoms with E-state index in [0.717, 1.165) is 17.0 Å². The number of imide groups is 1. The topological polar surface area (TPSA) is 63.4 Å². The van der Waals surface area contributed by atoms with Crippen molar-refractivity contribution in [2.24, 2.45) is 5.73 Å². The molecule has 1 saturated heterocycles. The number of likely N-dealkylation sites (tertiary alicyclic amines) is 1. The van der Waals surface area contributed by atoms with Crippen molar-refractivity contribution in [2.75, 3.05) is 6.54 Å². The Bertz CT molecular complexity index is 489. The summed E-state index contributed by atoms with van der Waals surface area (Å²) in [7, 11) is 0. The summed E-state index contributed by atoms with van der Waals surface area (Å²) in [5, 5.41) is 0. The highest BCUT2D eigenvalue weighted by Crippen LogP contribution is 2.19. The maximum atomic E-state index is 13.0. The van der Waals surface area contributed by atoms with Gasteiger partial charge in [0.2, 0.25) is 11.8 Å². The first-order valence-corrected chi connectivity index (χ1v) is 5.53. The second kappa shape index (κ2) is 4.81. The number of hydrogen-bond acceptors (Lipinski definition) is 3. The molecule has 1 unspecified atom stereocenters. The Kier molecular flexibility index (Phi) is 3.38. The minimum absolute atomic E-state index is 0.0112. The van der Waals surface area contributed by atoms with Crippen LogP contribution in [0.3, 0.4) is 0 Å². The quantitative estimate of drug-likeness (QED) is 0.822. The van der Waals surface area contributed by atoms with Crippen LogP contribution < -0.4 is 5.73 Å². The van der Waals surface area contributed by atoms with Crippen LogP contribution >= 0.6 is 0 Å². The van der Waals surface area contributed by atoms with Gasteiger partial charge in [0.05, 0.1) is 0 Å². The molecule has 6 heteroatoms. The molecular formula is C12H12F2N2O2. The van der Waals surface area contributed by atoms with Gasteiger partial charge in [0.25, 0.3) is 0 Å². The molecule has 1 atom stereocenters. The van der Waals surface area contributed by atoms with E-state index in [4.69, 9.17) is 5.73 Å². The number of rotatable bonds is 3. The summed E-state index contributed by atoms with van der Waals surface area (Å²) in [5.74, 6) is -2.52. The molecule has 1 heterocycles. The third-order valence-corrected chi connectivity index (χ3v) is 2.91. The van der Waals surface area contributed by atoms with Gasteiger partial charge >= 0.3 is 0 Å². The lowest BCUT2D eigenvalue weighted by molar-refractivity contribution is -0.138. The first-order valence-electron chi connectivity index (χ1n) is 5.53. The molecule has 18 heavy (non-hydrogen) atoms. The lowest BCUT2D eigenvalue weighted by Gasteiger charge is -2.19. The van der Waals surface area contributed by atoms with Crippen molar-refractivity contribution in [3.63, 3.8) is 0 Å². The molecule has 96 valence electrons.